The zero-order valence-electron chi connectivity index (χ0n) is 14.4. The Morgan fingerprint density at radius 2 is 1.81 bits per heavy atom. The first-order chi connectivity index (χ1) is 12.6. The summed E-state index contributed by atoms with van der Waals surface area (Å²) < 4.78 is 0. The molecule has 1 N–H and O–H groups in total. The van der Waals surface area contributed by atoms with E-state index in [4.69, 9.17) is 0 Å². The van der Waals surface area contributed by atoms with Gasteiger partial charge in [-0.25, -0.2) is 0 Å². The Hall–Kier alpha value is -2.84. The summed E-state index contributed by atoms with van der Waals surface area (Å²) >= 11 is 1.22. The van der Waals surface area contributed by atoms with E-state index in [2.05, 4.69) is 11.4 Å². The number of hydrogen-bond acceptors (Lipinski definition) is 4. The molecular weight excluding hydrogens is 344 g/mol. The number of nitriles is 1. The van der Waals surface area contributed by atoms with Gasteiger partial charge in [-0.2, -0.15) is 5.26 Å². The standard InChI is InChI=1S/C21H18N2O2S/c1-14-11-20(25)23-21(18(14)12-22)26-13-19(24)17-9-7-16(8-10-17)15-5-3-2-4-6-15/h2-10,14H,11,13H2,1H3,(H,23,25). The third kappa shape index (κ3) is 4.04. The highest BCUT2D eigenvalue weighted by atomic mass is 32.2. The van der Waals surface area contributed by atoms with E-state index in [-0.39, 0.29) is 23.4 Å². The number of nitrogens with zero attached hydrogens (tertiary/aromatic N) is 1. The molecule has 0 saturated carbocycles. The summed E-state index contributed by atoms with van der Waals surface area (Å²) in [5.41, 5.74) is 3.31. The molecule has 0 bridgehead atoms. The number of amides is 1. The van der Waals surface area contributed by atoms with E-state index in [0.717, 1.165) is 11.1 Å². The molecule has 0 radical (unpaired) electrons. The lowest BCUT2D eigenvalue weighted by molar-refractivity contribution is -0.121. The minimum atomic E-state index is -0.114. The number of carbonyl (C=O) groups excluding carboxylic acids is 2. The van der Waals surface area contributed by atoms with Crippen LogP contribution in [0.5, 0.6) is 0 Å². The topological polar surface area (TPSA) is 70.0 Å². The molecular formula is C21H18N2O2S. The van der Waals surface area contributed by atoms with E-state index < -0.39 is 0 Å². The van der Waals surface area contributed by atoms with Crippen molar-refractivity contribution in [1.29, 1.82) is 5.26 Å². The Balaban J connectivity index is 1.69. The molecule has 26 heavy (non-hydrogen) atoms. The Labute approximate surface area is 156 Å². The fraction of sp³-hybridized carbons (Fsp3) is 0.190. The molecule has 1 heterocycles. The van der Waals surface area contributed by atoms with Gasteiger partial charge in [-0.3, -0.25) is 9.59 Å². The van der Waals surface area contributed by atoms with Crippen molar-refractivity contribution in [2.75, 3.05) is 5.75 Å². The van der Waals surface area contributed by atoms with Gasteiger partial charge in [-0.1, -0.05) is 73.3 Å². The molecule has 2 aromatic rings. The first-order valence-corrected chi connectivity index (χ1v) is 9.32. The van der Waals surface area contributed by atoms with Crippen LogP contribution in [-0.2, 0) is 4.79 Å². The van der Waals surface area contributed by atoms with Crippen LogP contribution < -0.4 is 5.32 Å². The molecule has 1 unspecified atom stereocenters. The van der Waals surface area contributed by atoms with Crippen LogP contribution >= 0.6 is 11.8 Å². The normalized spacial score (nSPS) is 16.8. The van der Waals surface area contributed by atoms with E-state index >= 15 is 0 Å². The van der Waals surface area contributed by atoms with Gasteiger partial charge in [0.05, 0.1) is 22.4 Å². The van der Waals surface area contributed by atoms with Crippen molar-refractivity contribution in [3.63, 3.8) is 0 Å². The monoisotopic (exact) mass is 362 g/mol. The Morgan fingerprint density at radius 3 is 2.46 bits per heavy atom. The van der Waals surface area contributed by atoms with Crippen LogP contribution in [0.3, 0.4) is 0 Å². The van der Waals surface area contributed by atoms with Crippen LogP contribution in [0.15, 0.2) is 65.2 Å². The van der Waals surface area contributed by atoms with Crippen LogP contribution in [0, 0.1) is 17.2 Å². The van der Waals surface area contributed by atoms with Gasteiger partial charge in [-0.05, 0) is 11.1 Å². The third-order valence-corrected chi connectivity index (χ3v) is 5.28. The van der Waals surface area contributed by atoms with Gasteiger partial charge in [0.25, 0.3) is 0 Å². The highest BCUT2D eigenvalue weighted by Gasteiger charge is 2.25. The molecule has 1 amide bonds. The summed E-state index contributed by atoms with van der Waals surface area (Å²) in [4.78, 5) is 24.1. The van der Waals surface area contributed by atoms with Crippen molar-refractivity contribution < 1.29 is 9.59 Å². The molecule has 0 fully saturated rings. The number of Topliss-reactive ketones (excluding diaryl/α,β-unsaturated/α-hetero) is 1. The molecule has 2 aromatic carbocycles. The second-order valence-corrected chi connectivity index (χ2v) is 7.15. The van der Waals surface area contributed by atoms with Gasteiger partial charge in [0.2, 0.25) is 5.91 Å². The van der Waals surface area contributed by atoms with Crippen molar-refractivity contribution in [3.8, 4) is 17.2 Å². The predicted molar refractivity (Wildman–Crippen MR) is 103 cm³/mol. The maximum absolute atomic E-state index is 12.5. The Morgan fingerprint density at radius 1 is 1.15 bits per heavy atom. The van der Waals surface area contributed by atoms with Gasteiger partial charge in [-0.15, -0.1) is 0 Å². The summed E-state index contributed by atoms with van der Waals surface area (Å²) in [5.74, 6) is -0.0832. The maximum atomic E-state index is 12.5. The number of benzene rings is 2. The second-order valence-electron chi connectivity index (χ2n) is 6.16. The maximum Gasteiger partial charge on any atom is 0.225 e. The second kappa shape index (κ2) is 8.03. The van der Waals surface area contributed by atoms with E-state index in [1.54, 1.807) is 0 Å². The molecule has 5 heteroatoms. The lowest BCUT2D eigenvalue weighted by atomic mass is 9.96. The average Bonchev–Trinajstić information content (AvgIpc) is 2.66. The fourth-order valence-electron chi connectivity index (χ4n) is 2.82. The van der Waals surface area contributed by atoms with Gasteiger partial charge < -0.3 is 5.32 Å². The largest absolute Gasteiger partial charge is 0.320 e. The predicted octanol–water partition coefficient (Wildman–Crippen LogP) is 4.16. The van der Waals surface area contributed by atoms with Crippen LogP contribution in [0.4, 0.5) is 0 Å². The fourth-order valence-corrected chi connectivity index (χ4v) is 3.85. The molecule has 0 saturated heterocycles. The lowest BCUT2D eigenvalue weighted by Gasteiger charge is -2.21. The number of nitrogens with one attached hydrogen (secondary N) is 1. The Kier molecular flexibility index (Phi) is 5.55. The minimum Gasteiger partial charge on any atom is -0.320 e. The van der Waals surface area contributed by atoms with Crippen molar-refractivity contribution in [2.24, 2.45) is 5.92 Å². The third-order valence-electron chi connectivity index (χ3n) is 4.26. The minimum absolute atomic E-state index is 0.0353. The number of rotatable bonds is 5. The van der Waals surface area contributed by atoms with Crippen LogP contribution in [0.2, 0.25) is 0 Å². The number of allylic oxidation sites excluding steroid dienone is 1. The van der Waals surface area contributed by atoms with Crippen molar-refractivity contribution >= 4 is 23.5 Å². The zero-order chi connectivity index (χ0) is 18.5. The molecule has 1 aliphatic heterocycles. The van der Waals surface area contributed by atoms with Crippen LogP contribution in [0.25, 0.3) is 11.1 Å². The lowest BCUT2D eigenvalue weighted by Crippen LogP contribution is -2.31. The molecule has 1 atom stereocenters. The van der Waals surface area contributed by atoms with Crippen LogP contribution in [-0.4, -0.2) is 17.4 Å². The molecule has 0 aromatic heterocycles. The summed E-state index contributed by atoms with van der Waals surface area (Å²) in [5, 5.41) is 12.5. The summed E-state index contributed by atoms with van der Waals surface area (Å²) in [6.07, 6.45) is 0.307. The van der Waals surface area contributed by atoms with Crippen molar-refractivity contribution in [3.05, 3.63) is 70.8 Å². The average molecular weight is 362 g/mol. The first-order valence-electron chi connectivity index (χ1n) is 8.34. The Bertz CT molecular complexity index is 896. The molecule has 0 aliphatic carbocycles. The van der Waals surface area contributed by atoms with E-state index in [1.165, 1.54) is 11.8 Å². The smallest absolute Gasteiger partial charge is 0.225 e. The quantitative estimate of drug-likeness (QED) is 0.811. The first kappa shape index (κ1) is 18.0. The van der Waals surface area contributed by atoms with Gasteiger partial charge in [0.15, 0.2) is 5.78 Å². The number of thioether (sulfide) groups is 1. The molecule has 0 spiro atoms. The van der Waals surface area contributed by atoms with Gasteiger partial charge in [0, 0.05) is 17.9 Å². The molecule has 4 nitrogen and oxygen atoms in total. The van der Waals surface area contributed by atoms with Crippen LogP contribution in [0.1, 0.15) is 23.7 Å². The molecule has 130 valence electrons. The molecule has 1 aliphatic rings. The number of hydrogen-bond donors (Lipinski definition) is 1. The SMILES string of the molecule is CC1CC(=O)NC(SCC(=O)c2ccc(-c3ccccc3)cc2)=C1C#N. The van der Waals surface area contributed by atoms with Gasteiger partial charge >= 0.3 is 0 Å². The number of ketones is 1. The van der Waals surface area contributed by atoms with Crippen molar-refractivity contribution in [2.45, 2.75) is 13.3 Å². The van der Waals surface area contributed by atoms with E-state index in [1.807, 2.05) is 61.5 Å². The summed E-state index contributed by atoms with van der Waals surface area (Å²) in [6, 6.07) is 19.6. The molecule has 3 rings (SSSR count). The highest BCUT2D eigenvalue weighted by Crippen LogP contribution is 2.29. The van der Waals surface area contributed by atoms with E-state index in [0.29, 0.717) is 22.6 Å². The summed E-state index contributed by atoms with van der Waals surface area (Å²) in [7, 11) is 0. The van der Waals surface area contributed by atoms with Crippen molar-refractivity contribution in [1.82, 2.24) is 5.32 Å². The van der Waals surface area contributed by atoms with E-state index in [9.17, 15) is 14.9 Å². The van der Waals surface area contributed by atoms with Gasteiger partial charge in [0.1, 0.15) is 0 Å². The zero-order valence-corrected chi connectivity index (χ0v) is 15.2. The summed E-state index contributed by atoms with van der Waals surface area (Å²) in [6.45, 7) is 1.85. The number of carbonyl (C=O) groups is 2. The highest BCUT2D eigenvalue weighted by molar-refractivity contribution is 8.03.